The molecule has 6 rings (SSSR count). The molecule has 13 heteroatoms. The Kier molecular flexibility index (Phi) is 9.28. The number of nitrogens with zero attached hydrogens (tertiary/aromatic N) is 7. The maximum absolute atomic E-state index is 6.17. The van der Waals surface area contributed by atoms with Crippen molar-refractivity contribution in [3.63, 3.8) is 0 Å². The largest absolute Gasteiger partial charge is 0.494 e. The van der Waals surface area contributed by atoms with E-state index in [1.807, 2.05) is 43.6 Å². The highest BCUT2D eigenvalue weighted by molar-refractivity contribution is 7.65. The molecule has 0 amide bonds. The van der Waals surface area contributed by atoms with Gasteiger partial charge >= 0.3 is 0 Å². The summed E-state index contributed by atoms with van der Waals surface area (Å²) in [4.78, 5) is 31.4. The number of ether oxygens (including phenoxy) is 1. The summed E-state index contributed by atoms with van der Waals surface area (Å²) in [6, 6.07) is 10.1. The summed E-state index contributed by atoms with van der Waals surface area (Å²) >= 11 is 0. The normalized spacial score (nSPS) is 14.6. The summed E-state index contributed by atoms with van der Waals surface area (Å²) in [7, 11) is 3.31. The SMILES string of the molecule is CCN=CC(=CN)c1cc(Nc2nc(Nc3ccc4nccnc4c3P(C)C)c3cc[nH]c3n2)c(OC)cc1N1CCN(C)CC1. The van der Waals surface area contributed by atoms with Gasteiger partial charge in [0.1, 0.15) is 17.2 Å². The summed E-state index contributed by atoms with van der Waals surface area (Å²) in [5, 5.41) is 9.05. The summed E-state index contributed by atoms with van der Waals surface area (Å²) in [6.07, 6.45) is 8.76. The van der Waals surface area contributed by atoms with Gasteiger partial charge in [-0.05, 0) is 51.6 Å². The second kappa shape index (κ2) is 13.7. The van der Waals surface area contributed by atoms with Crippen molar-refractivity contribution < 1.29 is 4.74 Å². The van der Waals surface area contributed by atoms with Crippen LogP contribution in [0.3, 0.4) is 0 Å². The number of nitrogens with one attached hydrogen (secondary N) is 3. The fourth-order valence-electron chi connectivity index (χ4n) is 5.68. The maximum Gasteiger partial charge on any atom is 0.231 e. The van der Waals surface area contributed by atoms with Gasteiger partial charge < -0.3 is 35.9 Å². The number of benzene rings is 2. The van der Waals surface area contributed by atoms with Crippen LogP contribution in [0.15, 0.2) is 60.1 Å². The molecular formula is C33H40N11OP. The van der Waals surface area contributed by atoms with E-state index in [1.54, 1.807) is 25.7 Å². The van der Waals surface area contributed by atoms with Crippen molar-refractivity contribution in [2.24, 2.45) is 10.7 Å². The third-order valence-electron chi connectivity index (χ3n) is 8.04. The molecule has 0 saturated carbocycles. The van der Waals surface area contributed by atoms with Crippen LogP contribution in [0.2, 0.25) is 0 Å². The molecule has 0 atom stereocenters. The van der Waals surface area contributed by atoms with E-state index in [0.717, 1.165) is 70.4 Å². The molecule has 238 valence electrons. The predicted molar refractivity (Wildman–Crippen MR) is 192 cm³/mol. The molecule has 0 bridgehead atoms. The van der Waals surface area contributed by atoms with Crippen LogP contribution in [0.25, 0.3) is 27.6 Å². The number of likely N-dealkylation sites (N-methyl/N-ethyl adjacent to an activating group) is 1. The first-order valence-corrected chi connectivity index (χ1v) is 17.5. The van der Waals surface area contributed by atoms with Crippen molar-refractivity contribution in [3.8, 4) is 5.75 Å². The number of anilines is 5. The summed E-state index contributed by atoms with van der Waals surface area (Å²) in [5.74, 6) is 1.75. The summed E-state index contributed by atoms with van der Waals surface area (Å²) < 4.78 is 5.93. The van der Waals surface area contributed by atoms with Gasteiger partial charge in [-0.1, -0.05) is 7.92 Å². The lowest BCUT2D eigenvalue weighted by Gasteiger charge is -2.35. The van der Waals surface area contributed by atoms with Crippen molar-refractivity contribution in [2.45, 2.75) is 6.92 Å². The van der Waals surface area contributed by atoms with Crippen molar-refractivity contribution >= 4 is 75.9 Å². The van der Waals surface area contributed by atoms with Crippen molar-refractivity contribution in [1.82, 2.24) is 29.8 Å². The quantitative estimate of drug-likeness (QED) is 0.123. The molecule has 46 heavy (non-hydrogen) atoms. The minimum absolute atomic E-state index is 0.409. The maximum atomic E-state index is 6.17. The van der Waals surface area contributed by atoms with Gasteiger partial charge in [0.05, 0.1) is 29.2 Å². The first-order valence-electron chi connectivity index (χ1n) is 15.3. The number of allylic oxidation sites excluding steroid dienone is 1. The highest BCUT2D eigenvalue weighted by Gasteiger charge is 2.22. The number of fused-ring (bicyclic) bond motifs is 2. The van der Waals surface area contributed by atoms with Gasteiger partial charge in [-0.25, -0.2) is 0 Å². The molecular weight excluding hydrogens is 597 g/mol. The molecule has 4 heterocycles. The van der Waals surface area contributed by atoms with Gasteiger partial charge in [0.15, 0.2) is 0 Å². The van der Waals surface area contributed by atoms with Crippen molar-refractivity contribution in [1.29, 1.82) is 0 Å². The minimum atomic E-state index is -0.507. The Morgan fingerprint density at radius 2 is 1.87 bits per heavy atom. The van der Waals surface area contributed by atoms with Gasteiger partial charge in [-0.2, -0.15) is 9.97 Å². The fraction of sp³-hybridized carbons (Fsp3) is 0.303. The molecule has 1 aliphatic heterocycles. The molecule has 5 N–H and O–H groups in total. The zero-order valence-corrected chi connectivity index (χ0v) is 27.8. The number of piperazine rings is 1. The lowest BCUT2D eigenvalue weighted by Crippen LogP contribution is -2.44. The second-order valence-corrected chi connectivity index (χ2v) is 13.5. The fourth-order valence-corrected chi connectivity index (χ4v) is 6.89. The number of aromatic nitrogens is 5. The lowest BCUT2D eigenvalue weighted by molar-refractivity contribution is 0.312. The van der Waals surface area contributed by atoms with Crippen LogP contribution in [0, 0.1) is 0 Å². The molecule has 1 fully saturated rings. The second-order valence-electron chi connectivity index (χ2n) is 11.3. The molecule has 3 aromatic heterocycles. The number of hydrogen-bond acceptors (Lipinski definition) is 11. The average Bonchev–Trinajstić information content (AvgIpc) is 3.54. The van der Waals surface area contributed by atoms with E-state index < -0.39 is 7.92 Å². The third-order valence-corrected chi connectivity index (χ3v) is 9.39. The van der Waals surface area contributed by atoms with Gasteiger partial charge in [0, 0.05) is 97.6 Å². The number of hydrogen-bond donors (Lipinski definition) is 4. The Morgan fingerprint density at radius 1 is 1.07 bits per heavy atom. The molecule has 1 aliphatic rings. The molecule has 0 aliphatic carbocycles. The number of H-pyrrole nitrogens is 1. The third kappa shape index (κ3) is 6.31. The minimum Gasteiger partial charge on any atom is -0.494 e. The zero-order chi connectivity index (χ0) is 32.2. The number of nitrogens with two attached hydrogens (primary N) is 1. The molecule has 0 radical (unpaired) electrons. The number of aliphatic imine (C=N–C) groups is 1. The van der Waals surface area contributed by atoms with Crippen LogP contribution >= 0.6 is 7.92 Å². The van der Waals surface area contributed by atoms with E-state index in [4.69, 9.17) is 20.4 Å². The molecule has 12 nitrogen and oxygen atoms in total. The van der Waals surface area contributed by atoms with Crippen LogP contribution in [-0.2, 0) is 0 Å². The van der Waals surface area contributed by atoms with E-state index >= 15 is 0 Å². The van der Waals surface area contributed by atoms with Crippen molar-refractivity contribution in [2.75, 3.05) is 75.7 Å². The number of methoxy groups -OCH3 is 1. The number of aromatic amines is 1. The summed E-state index contributed by atoms with van der Waals surface area (Å²) in [5.41, 5.74) is 13.1. The highest BCUT2D eigenvalue weighted by Crippen LogP contribution is 2.39. The Balaban J connectivity index is 1.42. The first kappa shape index (κ1) is 31.2. The Morgan fingerprint density at radius 3 is 2.61 bits per heavy atom. The monoisotopic (exact) mass is 637 g/mol. The lowest BCUT2D eigenvalue weighted by atomic mass is 10.0. The Bertz CT molecular complexity index is 1910. The standard InChI is InChI=1S/C33H40N11OP/c1-6-35-20-21(19-34)23-17-26(28(45-3)18-27(23)44-15-13-43(2)14-16-44)40-33-41-31-22(9-10-38-31)32(42-33)39-25-8-7-24-29(30(25)46(4)5)37-12-11-36-24/h7-12,17-20H,6,13-16,34H2,1-5H3,(H3,38,39,40,41,42). The van der Waals surface area contributed by atoms with E-state index in [9.17, 15) is 0 Å². The van der Waals surface area contributed by atoms with E-state index in [0.29, 0.717) is 35.4 Å². The number of rotatable bonds is 10. The van der Waals surface area contributed by atoms with E-state index in [-0.39, 0.29) is 0 Å². The highest BCUT2D eigenvalue weighted by atomic mass is 31.1. The topological polar surface area (TPSA) is 146 Å². The van der Waals surface area contributed by atoms with Gasteiger partial charge in [0.25, 0.3) is 0 Å². The molecule has 0 spiro atoms. The molecule has 5 aromatic rings. The van der Waals surface area contributed by atoms with E-state index in [1.165, 1.54) is 0 Å². The Hall–Kier alpha value is -4.80. The van der Waals surface area contributed by atoms with Crippen molar-refractivity contribution in [3.05, 3.63) is 60.7 Å². The van der Waals surface area contributed by atoms with Gasteiger partial charge in [-0.15, -0.1) is 0 Å². The first-order chi connectivity index (χ1) is 22.4. The van der Waals surface area contributed by atoms with Crippen LogP contribution in [-0.4, -0.2) is 96.2 Å². The van der Waals surface area contributed by atoms with Crippen LogP contribution < -0.4 is 31.3 Å². The summed E-state index contributed by atoms with van der Waals surface area (Å²) in [6.45, 7) is 10.8. The molecule has 2 aromatic carbocycles. The van der Waals surface area contributed by atoms with Crippen LogP contribution in [0.4, 0.5) is 28.8 Å². The van der Waals surface area contributed by atoms with Gasteiger partial charge in [0.2, 0.25) is 5.95 Å². The van der Waals surface area contributed by atoms with Crippen LogP contribution in [0.1, 0.15) is 12.5 Å². The average molecular weight is 638 g/mol. The molecule has 1 saturated heterocycles. The van der Waals surface area contributed by atoms with Gasteiger partial charge in [-0.3, -0.25) is 15.0 Å². The molecule has 0 unspecified atom stereocenters. The Labute approximate surface area is 270 Å². The van der Waals surface area contributed by atoms with Crippen LogP contribution in [0.5, 0.6) is 5.75 Å². The zero-order valence-electron chi connectivity index (χ0n) is 26.9. The van der Waals surface area contributed by atoms with E-state index in [2.05, 4.69) is 66.8 Å². The smallest absolute Gasteiger partial charge is 0.231 e. The predicted octanol–water partition coefficient (Wildman–Crippen LogP) is 4.91.